The molecule has 0 bridgehead atoms. The number of hydrogen-bond donors (Lipinski definition) is 3. The summed E-state index contributed by atoms with van der Waals surface area (Å²) in [6.45, 7) is 0.648. The first-order chi connectivity index (χ1) is 10.0. The summed E-state index contributed by atoms with van der Waals surface area (Å²) in [6.07, 6.45) is 3.46. The van der Waals surface area contributed by atoms with Crippen LogP contribution in [-0.4, -0.2) is 47.2 Å². The van der Waals surface area contributed by atoms with Gasteiger partial charge in [0, 0.05) is 23.2 Å². The lowest BCUT2D eigenvalue weighted by molar-refractivity contribution is 0.0556. The number of carbonyl (C=O) groups is 1. The molecule has 6 nitrogen and oxygen atoms in total. The van der Waals surface area contributed by atoms with E-state index >= 15 is 0 Å². The van der Waals surface area contributed by atoms with E-state index in [0.29, 0.717) is 17.9 Å². The number of aromatic amines is 1. The molecule has 1 aromatic carbocycles. The number of likely N-dealkylation sites (N-methyl/N-ethyl adjacent to an activating group) is 1. The van der Waals surface area contributed by atoms with Crippen molar-refractivity contribution in [3.8, 4) is 0 Å². The van der Waals surface area contributed by atoms with Crippen molar-refractivity contribution in [3.05, 3.63) is 23.9 Å². The summed E-state index contributed by atoms with van der Waals surface area (Å²) in [5.41, 5.74) is 7.74. The fraction of sp³-hybridized carbons (Fsp3) is 0.467. The van der Waals surface area contributed by atoms with Gasteiger partial charge in [-0.15, -0.1) is 0 Å². The highest BCUT2D eigenvalue weighted by Gasteiger charge is 2.39. The number of carbonyl (C=O) groups excluding carboxylic acids is 1. The predicted molar refractivity (Wildman–Crippen MR) is 83.1 cm³/mol. The zero-order valence-corrected chi connectivity index (χ0v) is 12.4. The summed E-state index contributed by atoms with van der Waals surface area (Å²) in [7, 11) is 4.13. The van der Waals surface area contributed by atoms with Crippen LogP contribution in [0.1, 0.15) is 29.8 Å². The van der Waals surface area contributed by atoms with Gasteiger partial charge in [-0.05, 0) is 51.6 Å². The van der Waals surface area contributed by atoms with Crippen LogP contribution < -0.4 is 11.1 Å². The van der Waals surface area contributed by atoms with Crippen molar-refractivity contribution in [2.24, 2.45) is 0 Å². The van der Waals surface area contributed by atoms with Crippen LogP contribution in [0.5, 0.6) is 0 Å². The van der Waals surface area contributed by atoms with Crippen LogP contribution in [-0.2, 0) is 0 Å². The second-order valence-corrected chi connectivity index (χ2v) is 6.03. The van der Waals surface area contributed by atoms with Crippen molar-refractivity contribution in [1.29, 1.82) is 0 Å². The van der Waals surface area contributed by atoms with Gasteiger partial charge in [-0.3, -0.25) is 9.89 Å². The average molecular weight is 287 g/mol. The highest BCUT2D eigenvalue weighted by atomic mass is 16.1. The number of amides is 1. The van der Waals surface area contributed by atoms with Gasteiger partial charge >= 0.3 is 0 Å². The third kappa shape index (κ3) is 2.35. The minimum atomic E-state index is -0.153. The Balaban J connectivity index is 1.77. The molecule has 0 aliphatic heterocycles. The van der Waals surface area contributed by atoms with E-state index in [4.69, 9.17) is 5.73 Å². The Bertz CT molecular complexity index is 672. The van der Waals surface area contributed by atoms with E-state index in [1.165, 1.54) is 6.42 Å². The summed E-state index contributed by atoms with van der Waals surface area (Å²) in [5, 5.41) is 10.8. The molecule has 112 valence electrons. The molecule has 1 heterocycles. The number of hydrogen-bond acceptors (Lipinski definition) is 4. The normalized spacial score (nSPS) is 16.9. The minimum absolute atomic E-state index is 0.0980. The minimum Gasteiger partial charge on any atom is -0.399 e. The molecular weight excluding hydrogens is 266 g/mol. The molecule has 0 saturated heterocycles. The lowest BCUT2D eigenvalue weighted by Crippen LogP contribution is -2.57. The fourth-order valence-corrected chi connectivity index (χ4v) is 2.90. The van der Waals surface area contributed by atoms with E-state index in [9.17, 15) is 4.79 Å². The van der Waals surface area contributed by atoms with Crippen LogP contribution in [0, 0.1) is 0 Å². The van der Waals surface area contributed by atoms with Gasteiger partial charge in [-0.25, -0.2) is 0 Å². The van der Waals surface area contributed by atoms with E-state index in [-0.39, 0.29) is 11.4 Å². The van der Waals surface area contributed by atoms with Crippen molar-refractivity contribution in [1.82, 2.24) is 20.4 Å². The van der Waals surface area contributed by atoms with Crippen LogP contribution in [0.2, 0.25) is 0 Å². The molecular formula is C15H21N5O. The van der Waals surface area contributed by atoms with Gasteiger partial charge in [0.15, 0.2) is 5.69 Å². The molecule has 4 N–H and O–H groups in total. The molecule has 0 atom stereocenters. The lowest BCUT2D eigenvalue weighted by atomic mass is 9.75. The molecule has 21 heavy (non-hydrogen) atoms. The van der Waals surface area contributed by atoms with Crippen molar-refractivity contribution in [2.45, 2.75) is 24.8 Å². The number of fused-ring (bicyclic) bond motifs is 1. The van der Waals surface area contributed by atoms with E-state index in [1.807, 2.05) is 6.07 Å². The summed E-state index contributed by atoms with van der Waals surface area (Å²) in [4.78, 5) is 14.6. The average Bonchev–Trinajstić information content (AvgIpc) is 2.79. The van der Waals surface area contributed by atoms with E-state index < -0.39 is 0 Å². The van der Waals surface area contributed by atoms with Gasteiger partial charge in [0.25, 0.3) is 5.91 Å². The zero-order chi connectivity index (χ0) is 15.0. The monoisotopic (exact) mass is 287 g/mol. The first kappa shape index (κ1) is 13.9. The van der Waals surface area contributed by atoms with Crippen molar-refractivity contribution in [2.75, 3.05) is 26.4 Å². The Hall–Kier alpha value is -2.08. The Morgan fingerprint density at radius 3 is 2.86 bits per heavy atom. The van der Waals surface area contributed by atoms with Crippen molar-refractivity contribution >= 4 is 22.5 Å². The number of rotatable bonds is 4. The topological polar surface area (TPSA) is 87.0 Å². The van der Waals surface area contributed by atoms with Gasteiger partial charge < -0.3 is 16.0 Å². The van der Waals surface area contributed by atoms with E-state index in [2.05, 4.69) is 34.5 Å². The predicted octanol–water partition coefficient (Wildman–Crippen LogP) is 1.36. The highest BCUT2D eigenvalue weighted by molar-refractivity contribution is 6.05. The number of nitrogens with two attached hydrogens (primary N) is 1. The third-order valence-electron chi connectivity index (χ3n) is 4.61. The molecule has 0 unspecified atom stereocenters. The Kier molecular flexibility index (Phi) is 3.33. The number of nitrogens with one attached hydrogen (secondary N) is 2. The zero-order valence-electron chi connectivity index (χ0n) is 12.4. The SMILES string of the molecule is CN(C)C1(CNC(=O)c2n[nH]c3ccc(N)cc23)CCC1. The maximum atomic E-state index is 12.4. The standard InChI is InChI=1S/C15H21N5O/c1-20(2)15(6-3-7-15)9-17-14(21)13-11-8-10(16)4-5-12(11)18-19-13/h4-5,8H,3,6-7,9,16H2,1-2H3,(H,17,21)(H,18,19). The number of nitrogens with zero attached hydrogens (tertiary/aromatic N) is 2. The number of benzene rings is 1. The van der Waals surface area contributed by atoms with Gasteiger partial charge in [-0.1, -0.05) is 0 Å². The van der Waals surface area contributed by atoms with Gasteiger partial charge in [-0.2, -0.15) is 5.10 Å². The number of H-pyrrole nitrogens is 1. The molecule has 3 rings (SSSR count). The van der Waals surface area contributed by atoms with E-state index in [0.717, 1.165) is 23.7 Å². The molecule has 1 aromatic heterocycles. The molecule has 1 fully saturated rings. The molecule has 1 amide bonds. The Morgan fingerprint density at radius 2 is 2.24 bits per heavy atom. The first-order valence-corrected chi connectivity index (χ1v) is 7.21. The van der Waals surface area contributed by atoms with Crippen molar-refractivity contribution in [3.63, 3.8) is 0 Å². The molecule has 1 saturated carbocycles. The number of aromatic nitrogens is 2. The maximum Gasteiger partial charge on any atom is 0.272 e. The second-order valence-electron chi connectivity index (χ2n) is 6.03. The third-order valence-corrected chi connectivity index (χ3v) is 4.61. The fourth-order valence-electron chi connectivity index (χ4n) is 2.90. The molecule has 1 aliphatic carbocycles. The van der Waals surface area contributed by atoms with Gasteiger partial charge in [0.1, 0.15) is 0 Å². The largest absolute Gasteiger partial charge is 0.399 e. The molecule has 2 aromatic rings. The number of nitrogen functional groups attached to an aromatic ring is 1. The maximum absolute atomic E-state index is 12.4. The Morgan fingerprint density at radius 1 is 1.48 bits per heavy atom. The van der Waals surface area contributed by atoms with Crippen LogP contribution in [0.25, 0.3) is 10.9 Å². The first-order valence-electron chi connectivity index (χ1n) is 7.21. The summed E-state index contributed by atoms with van der Waals surface area (Å²) in [5.74, 6) is -0.153. The smallest absolute Gasteiger partial charge is 0.272 e. The highest BCUT2D eigenvalue weighted by Crippen LogP contribution is 2.35. The molecule has 0 radical (unpaired) electrons. The number of anilines is 1. The second kappa shape index (κ2) is 5.04. The van der Waals surface area contributed by atoms with Crippen LogP contribution in [0.15, 0.2) is 18.2 Å². The Labute approximate surface area is 123 Å². The molecule has 6 heteroatoms. The summed E-state index contributed by atoms with van der Waals surface area (Å²) in [6, 6.07) is 5.40. The van der Waals surface area contributed by atoms with Crippen LogP contribution in [0.3, 0.4) is 0 Å². The van der Waals surface area contributed by atoms with Crippen LogP contribution in [0.4, 0.5) is 5.69 Å². The van der Waals surface area contributed by atoms with E-state index in [1.54, 1.807) is 12.1 Å². The van der Waals surface area contributed by atoms with Crippen LogP contribution >= 0.6 is 0 Å². The molecule has 0 spiro atoms. The lowest BCUT2D eigenvalue weighted by Gasteiger charge is -2.47. The summed E-state index contributed by atoms with van der Waals surface area (Å²) < 4.78 is 0. The summed E-state index contributed by atoms with van der Waals surface area (Å²) >= 11 is 0. The van der Waals surface area contributed by atoms with Crippen molar-refractivity contribution < 1.29 is 4.79 Å². The molecule has 1 aliphatic rings. The van der Waals surface area contributed by atoms with Gasteiger partial charge in [0.05, 0.1) is 5.52 Å². The van der Waals surface area contributed by atoms with Gasteiger partial charge in [0.2, 0.25) is 0 Å². The quantitative estimate of drug-likeness (QED) is 0.741.